The Hall–Kier alpha value is -1.45. The van der Waals surface area contributed by atoms with E-state index in [0.29, 0.717) is 11.6 Å². The third kappa shape index (κ3) is 2.14. The summed E-state index contributed by atoms with van der Waals surface area (Å²) in [5.74, 6) is 0. The Kier molecular flexibility index (Phi) is 2.94. The maximum atomic E-state index is 5.90. The van der Waals surface area contributed by atoms with Crippen molar-refractivity contribution in [2.45, 2.75) is 6.54 Å². The van der Waals surface area contributed by atoms with Crippen LogP contribution in [0, 0.1) is 0 Å². The van der Waals surface area contributed by atoms with Crippen molar-refractivity contribution in [3.8, 4) is 11.1 Å². The highest BCUT2D eigenvalue weighted by Gasteiger charge is 2.04. The first kappa shape index (κ1) is 10.1. The highest BCUT2D eigenvalue weighted by atomic mass is 35.5. The van der Waals surface area contributed by atoms with Crippen LogP contribution < -0.4 is 5.73 Å². The zero-order valence-electron chi connectivity index (χ0n) is 8.02. The molecule has 0 radical (unpaired) electrons. The van der Waals surface area contributed by atoms with Crippen LogP contribution in [0.25, 0.3) is 11.1 Å². The van der Waals surface area contributed by atoms with Crippen molar-refractivity contribution in [1.82, 2.24) is 9.97 Å². The highest BCUT2D eigenvalue weighted by Crippen LogP contribution is 2.24. The lowest BCUT2D eigenvalue weighted by atomic mass is 10.0. The lowest BCUT2D eigenvalue weighted by molar-refractivity contribution is 1.07. The molecule has 0 spiro atoms. The van der Waals surface area contributed by atoms with E-state index in [-0.39, 0.29) is 0 Å². The molecule has 15 heavy (non-hydrogen) atoms. The third-order valence-electron chi connectivity index (χ3n) is 2.16. The molecule has 0 saturated carbocycles. The van der Waals surface area contributed by atoms with E-state index in [2.05, 4.69) is 9.97 Å². The van der Waals surface area contributed by atoms with Crippen LogP contribution in [0.15, 0.2) is 36.9 Å². The van der Waals surface area contributed by atoms with Gasteiger partial charge in [0, 0.05) is 29.5 Å². The quantitative estimate of drug-likeness (QED) is 0.843. The summed E-state index contributed by atoms with van der Waals surface area (Å²) in [6.45, 7) is 0.449. The van der Waals surface area contributed by atoms with Crippen molar-refractivity contribution in [3.63, 3.8) is 0 Å². The van der Waals surface area contributed by atoms with Gasteiger partial charge in [-0.05, 0) is 23.3 Å². The smallest absolute Gasteiger partial charge is 0.115 e. The fourth-order valence-corrected chi connectivity index (χ4v) is 1.65. The Morgan fingerprint density at radius 1 is 1.20 bits per heavy atom. The van der Waals surface area contributed by atoms with Crippen LogP contribution >= 0.6 is 11.6 Å². The van der Waals surface area contributed by atoms with Gasteiger partial charge in [-0.15, -0.1) is 0 Å². The molecule has 0 amide bonds. The van der Waals surface area contributed by atoms with Gasteiger partial charge in [0.2, 0.25) is 0 Å². The molecule has 76 valence electrons. The SMILES string of the molecule is NCc1cc(Cl)ccc1-c1cncnc1. The van der Waals surface area contributed by atoms with E-state index >= 15 is 0 Å². The van der Waals surface area contributed by atoms with Gasteiger partial charge < -0.3 is 5.73 Å². The van der Waals surface area contributed by atoms with Gasteiger partial charge in [0.1, 0.15) is 6.33 Å². The topological polar surface area (TPSA) is 51.8 Å². The Morgan fingerprint density at radius 2 is 1.93 bits per heavy atom. The van der Waals surface area contributed by atoms with E-state index in [9.17, 15) is 0 Å². The van der Waals surface area contributed by atoms with Gasteiger partial charge in [-0.25, -0.2) is 9.97 Å². The Morgan fingerprint density at radius 3 is 2.60 bits per heavy atom. The van der Waals surface area contributed by atoms with Gasteiger partial charge >= 0.3 is 0 Å². The number of halogens is 1. The predicted molar refractivity (Wildman–Crippen MR) is 60.4 cm³/mol. The Bertz CT molecular complexity index is 457. The number of aromatic nitrogens is 2. The minimum atomic E-state index is 0.449. The van der Waals surface area contributed by atoms with E-state index in [1.807, 2.05) is 18.2 Å². The average Bonchev–Trinajstić information content (AvgIpc) is 2.30. The molecule has 0 saturated heterocycles. The third-order valence-corrected chi connectivity index (χ3v) is 2.39. The molecule has 4 heteroatoms. The second kappa shape index (κ2) is 4.38. The van der Waals surface area contributed by atoms with E-state index in [1.54, 1.807) is 12.4 Å². The minimum absolute atomic E-state index is 0.449. The summed E-state index contributed by atoms with van der Waals surface area (Å²) in [5.41, 5.74) is 8.64. The second-order valence-corrected chi connectivity index (χ2v) is 3.57. The maximum absolute atomic E-state index is 5.90. The summed E-state index contributed by atoms with van der Waals surface area (Å²) in [4.78, 5) is 7.95. The summed E-state index contributed by atoms with van der Waals surface area (Å²) in [6, 6.07) is 5.64. The molecular weight excluding hydrogens is 210 g/mol. The van der Waals surface area contributed by atoms with Crippen molar-refractivity contribution in [2.75, 3.05) is 0 Å². The van der Waals surface area contributed by atoms with Crippen molar-refractivity contribution >= 4 is 11.6 Å². The first-order valence-electron chi connectivity index (χ1n) is 4.55. The number of nitrogens with zero attached hydrogens (tertiary/aromatic N) is 2. The molecule has 1 aromatic carbocycles. The Labute approximate surface area is 92.9 Å². The highest BCUT2D eigenvalue weighted by molar-refractivity contribution is 6.30. The fraction of sp³-hybridized carbons (Fsp3) is 0.0909. The first-order valence-corrected chi connectivity index (χ1v) is 4.93. The van der Waals surface area contributed by atoms with Crippen molar-refractivity contribution < 1.29 is 0 Å². The maximum Gasteiger partial charge on any atom is 0.115 e. The summed E-state index contributed by atoms with van der Waals surface area (Å²) in [6.07, 6.45) is 5.02. The second-order valence-electron chi connectivity index (χ2n) is 3.13. The lowest BCUT2D eigenvalue weighted by Gasteiger charge is -2.07. The number of nitrogens with two attached hydrogens (primary N) is 1. The molecule has 0 atom stereocenters. The molecule has 0 aliphatic rings. The van der Waals surface area contributed by atoms with Gasteiger partial charge in [0.25, 0.3) is 0 Å². The van der Waals surface area contributed by atoms with Crippen molar-refractivity contribution in [1.29, 1.82) is 0 Å². The van der Waals surface area contributed by atoms with Crippen molar-refractivity contribution in [3.05, 3.63) is 47.5 Å². The molecule has 0 aliphatic heterocycles. The largest absolute Gasteiger partial charge is 0.326 e. The van der Waals surface area contributed by atoms with Crippen LogP contribution in [0.2, 0.25) is 5.02 Å². The van der Waals surface area contributed by atoms with E-state index in [0.717, 1.165) is 16.7 Å². The normalized spacial score (nSPS) is 10.3. The summed E-state index contributed by atoms with van der Waals surface area (Å²) in [7, 11) is 0. The van der Waals surface area contributed by atoms with E-state index < -0.39 is 0 Å². The van der Waals surface area contributed by atoms with Crippen LogP contribution in [0.1, 0.15) is 5.56 Å². The molecule has 2 aromatic rings. The zero-order valence-corrected chi connectivity index (χ0v) is 8.78. The Balaban J connectivity index is 2.53. The first-order chi connectivity index (χ1) is 7.31. The van der Waals surface area contributed by atoms with Crippen LogP contribution in [0.5, 0.6) is 0 Å². The number of rotatable bonds is 2. The van der Waals surface area contributed by atoms with Gasteiger partial charge in [-0.3, -0.25) is 0 Å². The molecule has 2 rings (SSSR count). The number of benzene rings is 1. The molecule has 3 nitrogen and oxygen atoms in total. The van der Waals surface area contributed by atoms with Crippen LogP contribution in [-0.2, 0) is 6.54 Å². The van der Waals surface area contributed by atoms with Crippen molar-refractivity contribution in [2.24, 2.45) is 5.73 Å². The summed E-state index contributed by atoms with van der Waals surface area (Å²) >= 11 is 5.90. The number of hydrogen-bond donors (Lipinski definition) is 1. The average molecular weight is 220 g/mol. The van der Waals surface area contributed by atoms with E-state index in [4.69, 9.17) is 17.3 Å². The number of hydrogen-bond acceptors (Lipinski definition) is 3. The van der Waals surface area contributed by atoms with Crippen LogP contribution in [-0.4, -0.2) is 9.97 Å². The summed E-state index contributed by atoms with van der Waals surface area (Å²) in [5, 5.41) is 0.691. The molecule has 2 N–H and O–H groups in total. The molecule has 0 fully saturated rings. The van der Waals surface area contributed by atoms with Crippen LogP contribution in [0.3, 0.4) is 0 Å². The molecule has 0 bridgehead atoms. The van der Waals surface area contributed by atoms with Gasteiger partial charge in [-0.2, -0.15) is 0 Å². The molecule has 0 aliphatic carbocycles. The van der Waals surface area contributed by atoms with Gasteiger partial charge in [0.15, 0.2) is 0 Å². The minimum Gasteiger partial charge on any atom is -0.326 e. The molecule has 1 aromatic heterocycles. The lowest BCUT2D eigenvalue weighted by Crippen LogP contribution is -1.99. The molecular formula is C11H10ClN3. The van der Waals surface area contributed by atoms with Gasteiger partial charge in [-0.1, -0.05) is 17.7 Å². The molecule has 1 heterocycles. The predicted octanol–water partition coefficient (Wildman–Crippen LogP) is 2.26. The zero-order chi connectivity index (χ0) is 10.7. The van der Waals surface area contributed by atoms with Gasteiger partial charge in [0.05, 0.1) is 0 Å². The summed E-state index contributed by atoms with van der Waals surface area (Å²) < 4.78 is 0. The fourth-order valence-electron chi connectivity index (χ4n) is 1.45. The monoisotopic (exact) mass is 219 g/mol. The van der Waals surface area contributed by atoms with E-state index in [1.165, 1.54) is 6.33 Å². The van der Waals surface area contributed by atoms with Crippen LogP contribution in [0.4, 0.5) is 0 Å². The molecule has 0 unspecified atom stereocenters. The standard InChI is InChI=1S/C11H10ClN3/c12-10-1-2-11(8(3-10)4-13)9-5-14-7-15-6-9/h1-3,5-7H,4,13H2.